The van der Waals surface area contributed by atoms with E-state index in [2.05, 4.69) is 9.97 Å². The standard InChI is InChI=1S/C8H6N2O2/c11-7-1-5-3-9-4-10-6(5)2-8(7)12/h1,3-4,11H,2H2. The van der Waals surface area contributed by atoms with Crippen LogP contribution in [0, 0.1) is 0 Å². The van der Waals surface area contributed by atoms with Gasteiger partial charge in [-0.25, -0.2) is 9.97 Å². The largest absolute Gasteiger partial charge is 0.504 e. The number of allylic oxidation sites excluding steroid dienone is 1. The van der Waals surface area contributed by atoms with Gasteiger partial charge in [-0.1, -0.05) is 0 Å². The molecule has 0 atom stereocenters. The number of carbonyl (C=O) groups is 1. The van der Waals surface area contributed by atoms with Crippen molar-refractivity contribution in [3.63, 3.8) is 0 Å². The van der Waals surface area contributed by atoms with E-state index in [-0.39, 0.29) is 18.0 Å². The van der Waals surface area contributed by atoms with Crippen LogP contribution in [0.3, 0.4) is 0 Å². The third-order valence-corrected chi connectivity index (χ3v) is 1.73. The molecule has 60 valence electrons. The Morgan fingerprint density at radius 2 is 2.33 bits per heavy atom. The molecule has 4 heteroatoms. The molecule has 4 nitrogen and oxygen atoms in total. The molecule has 0 aromatic carbocycles. The van der Waals surface area contributed by atoms with Gasteiger partial charge < -0.3 is 5.11 Å². The minimum atomic E-state index is -0.291. The highest BCUT2D eigenvalue weighted by Crippen LogP contribution is 2.16. The second kappa shape index (κ2) is 2.41. The normalized spacial score (nSPS) is 15.3. The van der Waals surface area contributed by atoms with Crippen LogP contribution in [0.2, 0.25) is 0 Å². The third kappa shape index (κ3) is 0.972. The highest BCUT2D eigenvalue weighted by atomic mass is 16.3. The molecule has 12 heavy (non-hydrogen) atoms. The fraction of sp³-hybridized carbons (Fsp3) is 0.125. The summed E-state index contributed by atoms with van der Waals surface area (Å²) in [6, 6.07) is 0. The average molecular weight is 162 g/mol. The molecule has 0 saturated heterocycles. The molecule has 1 heterocycles. The van der Waals surface area contributed by atoms with Crippen molar-refractivity contribution in [1.82, 2.24) is 9.97 Å². The van der Waals surface area contributed by atoms with Crippen molar-refractivity contribution in [3.05, 3.63) is 29.5 Å². The predicted molar refractivity (Wildman–Crippen MR) is 41.3 cm³/mol. The Kier molecular flexibility index (Phi) is 1.40. The zero-order valence-corrected chi connectivity index (χ0v) is 6.19. The topological polar surface area (TPSA) is 63.1 Å². The molecular formula is C8H6N2O2. The third-order valence-electron chi connectivity index (χ3n) is 1.73. The van der Waals surface area contributed by atoms with Gasteiger partial charge in [0.1, 0.15) is 6.33 Å². The molecule has 0 spiro atoms. The lowest BCUT2D eigenvalue weighted by Gasteiger charge is -2.08. The van der Waals surface area contributed by atoms with E-state index in [1.165, 1.54) is 12.4 Å². The number of nitrogens with zero attached hydrogens (tertiary/aromatic N) is 2. The first kappa shape index (κ1) is 6.97. The highest BCUT2D eigenvalue weighted by Gasteiger charge is 2.18. The van der Waals surface area contributed by atoms with E-state index in [0.717, 1.165) is 5.56 Å². The monoisotopic (exact) mass is 162 g/mol. The van der Waals surface area contributed by atoms with Crippen molar-refractivity contribution in [1.29, 1.82) is 0 Å². The molecule has 0 saturated carbocycles. The summed E-state index contributed by atoms with van der Waals surface area (Å²) in [7, 11) is 0. The number of aliphatic hydroxyl groups excluding tert-OH is 1. The molecule has 1 aromatic rings. The van der Waals surface area contributed by atoms with Crippen LogP contribution in [0.5, 0.6) is 0 Å². The van der Waals surface area contributed by atoms with E-state index in [1.54, 1.807) is 6.20 Å². The predicted octanol–water partition coefficient (Wildman–Crippen LogP) is 0.501. The summed E-state index contributed by atoms with van der Waals surface area (Å²) in [5, 5.41) is 9.08. The maximum absolute atomic E-state index is 11.0. The number of rotatable bonds is 0. The summed E-state index contributed by atoms with van der Waals surface area (Å²) in [6.45, 7) is 0. The first-order chi connectivity index (χ1) is 5.77. The number of hydrogen-bond acceptors (Lipinski definition) is 4. The first-order valence-corrected chi connectivity index (χ1v) is 3.50. The van der Waals surface area contributed by atoms with Gasteiger partial charge in [-0.05, 0) is 6.08 Å². The molecule has 1 aliphatic carbocycles. The van der Waals surface area contributed by atoms with Gasteiger partial charge >= 0.3 is 0 Å². The molecule has 0 radical (unpaired) electrons. The summed E-state index contributed by atoms with van der Waals surface area (Å²) >= 11 is 0. The van der Waals surface area contributed by atoms with Crippen LogP contribution in [0.25, 0.3) is 6.08 Å². The van der Waals surface area contributed by atoms with E-state index in [1.807, 2.05) is 0 Å². The van der Waals surface area contributed by atoms with E-state index in [4.69, 9.17) is 5.11 Å². The maximum atomic E-state index is 11.0. The number of hydrogen-bond donors (Lipinski definition) is 1. The van der Waals surface area contributed by atoms with Crippen LogP contribution in [-0.4, -0.2) is 20.9 Å². The maximum Gasteiger partial charge on any atom is 0.203 e. The van der Waals surface area contributed by atoms with Crippen molar-refractivity contribution < 1.29 is 9.90 Å². The SMILES string of the molecule is O=C1Cc2ncncc2C=C1O. The first-order valence-electron chi connectivity index (χ1n) is 3.50. The average Bonchev–Trinajstić information content (AvgIpc) is 2.07. The molecule has 1 aliphatic rings. The van der Waals surface area contributed by atoms with Gasteiger partial charge in [-0.2, -0.15) is 0 Å². The van der Waals surface area contributed by atoms with Crippen molar-refractivity contribution in [2.75, 3.05) is 0 Å². The van der Waals surface area contributed by atoms with Crippen LogP contribution in [-0.2, 0) is 11.2 Å². The zero-order chi connectivity index (χ0) is 8.55. The Bertz CT molecular complexity index is 371. The summed E-state index contributed by atoms with van der Waals surface area (Å²) in [4.78, 5) is 18.7. The van der Waals surface area contributed by atoms with Gasteiger partial charge in [0, 0.05) is 11.8 Å². The van der Waals surface area contributed by atoms with Gasteiger partial charge in [0.15, 0.2) is 5.76 Å². The van der Waals surface area contributed by atoms with Crippen molar-refractivity contribution in [2.45, 2.75) is 6.42 Å². The Hall–Kier alpha value is -1.71. The number of ketones is 1. The number of aliphatic hydroxyl groups is 1. The summed E-state index contributed by atoms with van der Waals surface area (Å²) in [5.41, 5.74) is 1.39. The fourth-order valence-corrected chi connectivity index (χ4v) is 1.10. The van der Waals surface area contributed by atoms with Gasteiger partial charge in [0.2, 0.25) is 5.78 Å². The van der Waals surface area contributed by atoms with Gasteiger partial charge in [0.25, 0.3) is 0 Å². The van der Waals surface area contributed by atoms with Crippen LogP contribution in [0.4, 0.5) is 0 Å². The fourth-order valence-electron chi connectivity index (χ4n) is 1.10. The van der Waals surface area contributed by atoms with E-state index < -0.39 is 0 Å². The molecule has 0 amide bonds. The van der Waals surface area contributed by atoms with Gasteiger partial charge in [-0.3, -0.25) is 4.79 Å². The Morgan fingerprint density at radius 1 is 1.50 bits per heavy atom. The Labute approximate surface area is 68.6 Å². The lowest BCUT2D eigenvalue weighted by atomic mass is 10.0. The smallest absolute Gasteiger partial charge is 0.203 e. The molecule has 0 aliphatic heterocycles. The minimum Gasteiger partial charge on any atom is -0.504 e. The second-order valence-electron chi connectivity index (χ2n) is 2.55. The van der Waals surface area contributed by atoms with Gasteiger partial charge in [-0.15, -0.1) is 0 Å². The van der Waals surface area contributed by atoms with E-state index in [9.17, 15) is 4.79 Å². The summed E-state index contributed by atoms with van der Waals surface area (Å²) in [6.07, 6.45) is 4.52. The van der Waals surface area contributed by atoms with E-state index in [0.29, 0.717) is 5.69 Å². The molecule has 0 bridgehead atoms. The lowest BCUT2D eigenvalue weighted by Crippen LogP contribution is -2.13. The molecule has 0 unspecified atom stereocenters. The highest BCUT2D eigenvalue weighted by molar-refractivity contribution is 6.00. The Morgan fingerprint density at radius 3 is 3.17 bits per heavy atom. The zero-order valence-electron chi connectivity index (χ0n) is 6.19. The number of carbonyl (C=O) groups excluding carboxylic acids is 1. The molecule has 2 rings (SSSR count). The van der Waals surface area contributed by atoms with Crippen molar-refractivity contribution in [2.24, 2.45) is 0 Å². The quantitative estimate of drug-likeness (QED) is 0.603. The Balaban J connectivity index is 2.56. The second-order valence-corrected chi connectivity index (χ2v) is 2.55. The van der Waals surface area contributed by atoms with Crippen LogP contribution in [0.1, 0.15) is 11.3 Å². The lowest BCUT2D eigenvalue weighted by molar-refractivity contribution is -0.117. The van der Waals surface area contributed by atoms with Crippen molar-refractivity contribution >= 4 is 11.9 Å². The number of aromatic nitrogens is 2. The summed E-state index contributed by atoms with van der Waals surface area (Å²) < 4.78 is 0. The van der Waals surface area contributed by atoms with Crippen LogP contribution < -0.4 is 0 Å². The van der Waals surface area contributed by atoms with Crippen molar-refractivity contribution in [3.8, 4) is 0 Å². The molecular weight excluding hydrogens is 156 g/mol. The molecule has 0 fully saturated rings. The minimum absolute atomic E-state index is 0.167. The number of Topliss-reactive ketones (excluding diaryl/α,β-unsaturated/α-hetero) is 1. The molecule has 1 N–H and O–H groups in total. The van der Waals surface area contributed by atoms with Crippen LogP contribution >= 0.6 is 0 Å². The van der Waals surface area contributed by atoms with Crippen LogP contribution in [0.15, 0.2) is 18.3 Å². The van der Waals surface area contributed by atoms with Gasteiger partial charge in [0.05, 0.1) is 12.1 Å². The summed E-state index contributed by atoms with van der Waals surface area (Å²) in [5.74, 6) is -0.501. The van der Waals surface area contributed by atoms with E-state index >= 15 is 0 Å². The molecule has 1 aromatic heterocycles. The number of fused-ring (bicyclic) bond motifs is 1.